The van der Waals surface area contributed by atoms with E-state index >= 15 is 0 Å². The van der Waals surface area contributed by atoms with Gasteiger partial charge in [-0.3, -0.25) is 4.79 Å². The summed E-state index contributed by atoms with van der Waals surface area (Å²) in [7, 11) is 0. The van der Waals surface area contributed by atoms with Gasteiger partial charge in [0.05, 0.1) is 11.0 Å². The number of carboxylic acids is 1. The fourth-order valence-corrected chi connectivity index (χ4v) is 3.19. The van der Waals surface area contributed by atoms with Gasteiger partial charge in [0, 0.05) is 11.1 Å². The van der Waals surface area contributed by atoms with Crippen LogP contribution in [0.4, 0.5) is 5.82 Å². The number of rotatable bonds is 8. The molecular weight excluding hydrogens is 420 g/mol. The largest absolute Gasteiger partial charge is 0.480 e. The summed E-state index contributed by atoms with van der Waals surface area (Å²) in [6.45, 7) is 9.74. The number of carboxylic acid groups (broad SMARTS) is 1. The van der Waals surface area contributed by atoms with E-state index in [-0.39, 0.29) is 11.5 Å². The number of ether oxygens (including phenoxy) is 1. The third kappa shape index (κ3) is 6.19. The Morgan fingerprint density at radius 2 is 1.64 bits per heavy atom. The molecule has 2 aromatic carbocycles. The number of hydrogen-bond acceptors (Lipinski definition) is 6. The summed E-state index contributed by atoms with van der Waals surface area (Å²) in [6, 6.07) is 13.1. The zero-order chi connectivity index (χ0) is 24.2. The molecule has 8 nitrogen and oxygen atoms in total. The Hall–Kier alpha value is -3.68. The molecule has 174 valence electrons. The predicted octanol–water partition coefficient (Wildman–Crippen LogP) is 4.86. The Balaban J connectivity index is 1.82. The molecule has 0 unspecified atom stereocenters. The minimum Gasteiger partial charge on any atom is -0.480 e. The second-order valence-corrected chi connectivity index (χ2v) is 9.04. The van der Waals surface area contributed by atoms with E-state index in [4.69, 9.17) is 4.74 Å². The van der Waals surface area contributed by atoms with Crippen molar-refractivity contribution in [2.75, 3.05) is 5.32 Å². The quantitative estimate of drug-likeness (QED) is 0.449. The van der Waals surface area contributed by atoms with Gasteiger partial charge in [-0.05, 0) is 63.1 Å². The van der Waals surface area contributed by atoms with Crippen LogP contribution in [0, 0.1) is 5.92 Å². The number of para-hydroxylation sites is 2. The van der Waals surface area contributed by atoms with Gasteiger partial charge in [-0.25, -0.2) is 14.8 Å². The number of anilines is 1. The van der Waals surface area contributed by atoms with Gasteiger partial charge in [0.25, 0.3) is 11.8 Å². The Kier molecular flexibility index (Phi) is 7.16. The standard InChI is InChI=1S/C25H30N4O4/c1-6-15(2)20(24(31)32)28-22(30)16-11-13-17(14-12-16)33-23-21(29-25(3,4)5)26-18-9-7-8-10-19(18)27-23/h7-15,20H,6H2,1-5H3,(H,26,29)(H,28,30)(H,31,32)/t15-,20+/m1/s1. The Labute approximate surface area is 193 Å². The Bertz CT molecular complexity index is 1140. The molecule has 3 N–H and O–H groups in total. The SMILES string of the molecule is CC[C@@H](C)[C@H](NC(=O)c1ccc(Oc2nc3ccccc3nc2NC(C)(C)C)cc1)C(=O)O. The molecule has 0 saturated heterocycles. The van der Waals surface area contributed by atoms with Crippen molar-refractivity contribution < 1.29 is 19.4 Å². The van der Waals surface area contributed by atoms with Crippen molar-refractivity contribution in [1.29, 1.82) is 0 Å². The van der Waals surface area contributed by atoms with Crippen LogP contribution in [0.1, 0.15) is 51.4 Å². The van der Waals surface area contributed by atoms with Crippen molar-refractivity contribution >= 4 is 28.7 Å². The number of aromatic nitrogens is 2. The summed E-state index contributed by atoms with van der Waals surface area (Å²) in [5.74, 6) is -0.371. The monoisotopic (exact) mass is 450 g/mol. The first-order chi connectivity index (χ1) is 15.6. The van der Waals surface area contributed by atoms with Crippen LogP contribution in [-0.2, 0) is 4.79 Å². The van der Waals surface area contributed by atoms with Gasteiger partial charge in [0.1, 0.15) is 11.8 Å². The van der Waals surface area contributed by atoms with Gasteiger partial charge in [-0.1, -0.05) is 32.4 Å². The first-order valence-corrected chi connectivity index (χ1v) is 10.9. The van der Waals surface area contributed by atoms with Crippen molar-refractivity contribution in [2.45, 2.75) is 52.6 Å². The molecule has 8 heteroatoms. The van der Waals surface area contributed by atoms with E-state index in [0.29, 0.717) is 34.9 Å². The lowest BCUT2D eigenvalue weighted by Crippen LogP contribution is -2.45. The zero-order valence-corrected chi connectivity index (χ0v) is 19.5. The normalized spacial score (nSPS) is 13.2. The summed E-state index contributed by atoms with van der Waals surface area (Å²) in [5, 5.41) is 15.3. The lowest BCUT2D eigenvalue weighted by atomic mass is 9.99. The third-order valence-corrected chi connectivity index (χ3v) is 5.13. The smallest absolute Gasteiger partial charge is 0.326 e. The molecular formula is C25H30N4O4. The molecule has 1 heterocycles. The topological polar surface area (TPSA) is 113 Å². The number of nitrogens with zero attached hydrogens (tertiary/aromatic N) is 2. The summed E-state index contributed by atoms with van der Waals surface area (Å²) in [4.78, 5) is 33.3. The number of hydrogen-bond donors (Lipinski definition) is 3. The van der Waals surface area contributed by atoms with Crippen LogP contribution in [0.15, 0.2) is 48.5 Å². The molecule has 0 aliphatic heterocycles. The highest BCUT2D eigenvalue weighted by atomic mass is 16.5. The first-order valence-electron chi connectivity index (χ1n) is 10.9. The van der Waals surface area contributed by atoms with E-state index in [0.717, 1.165) is 5.52 Å². The highest BCUT2D eigenvalue weighted by Gasteiger charge is 2.25. The average molecular weight is 451 g/mol. The first kappa shape index (κ1) is 24.0. The maximum absolute atomic E-state index is 12.6. The second-order valence-electron chi connectivity index (χ2n) is 9.04. The van der Waals surface area contributed by atoms with Crippen LogP contribution in [-0.4, -0.2) is 38.5 Å². The highest BCUT2D eigenvalue weighted by Crippen LogP contribution is 2.30. The van der Waals surface area contributed by atoms with E-state index in [9.17, 15) is 14.7 Å². The lowest BCUT2D eigenvalue weighted by Gasteiger charge is -2.23. The second kappa shape index (κ2) is 9.85. The van der Waals surface area contributed by atoms with Gasteiger partial charge in [-0.2, -0.15) is 0 Å². The Morgan fingerprint density at radius 1 is 1.03 bits per heavy atom. The van der Waals surface area contributed by atoms with Crippen molar-refractivity contribution in [2.24, 2.45) is 5.92 Å². The van der Waals surface area contributed by atoms with E-state index in [1.165, 1.54) is 0 Å². The molecule has 1 amide bonds. The third-order valence-electron chi connectivity index (χ3n) is 5.13. The number of fused-ring (bicyclic) bond motifs is 1. The molecule has 0 fully saturated rings. The highest BCUT2D eigenvalue weighted by molar-refractivity contribution is 5.96. The molecule has 1 aromatic heterocycles. The number of amides is 1. The predicted molar refractivity (Wildman–Crippen MR) is 128 cm³/mol. The van der Waals surface area contributed by atoms with Crippen LogP contribution in [0.3, 0.4) is 0 Å². The molecule has 0 radical (unpaired) electrons. The van der Waals surface area contributed by atoms with Crippen LogP contribution in [0.2, 0.25) is 0 Å². The van der Waals surface area contributed by atoms with Crippen LogP contribution < -0.4 is 15.4 Å². The van der Waals surface area contributed by atoms with Crippen LogP contribution in [0.5, 0.6) is 11.6 Å². The van der Waals surface area contributed by atoms with E-state index in [1.54, 1.807) is 31.2 Å². The number of benzene rings is 2. The molecule has 0 spiro atoms. The average Bonchev–Trinajstić information content (AvgIpc) is 2.76. The van der Waals surface area contributed by atoms with Gasteiger partial charge in [0.2, 0.25) is 0 Å². The number of aliphatic carboxylic acids is 1. The van der Waals surface area contributed by atoms with Crippen molar-refractivity contribution in [3.63, 3.8) is 0 Å². The summed E-state index contributed by atoms with van der Waals surface area (Å²) in [5.41, 5.74) is 1.54. The fraction of sp³-hybridized carbons (Fsp3) is 0.360. The van der Waals surface area contributed by atoms with Crippen molar-refractivity contribution in [3.8, 4) is 11.6 Å². The summed E-state index contributed by atoms with van der Waals surface area (Å²) < 4.78 is 6.01. The van der Waals surface area contributed by atoms with Crippen LogP contribution >= 0.6 is 0 Å². The van der Waals surface area contributed by atoms with Crippen molar-refractivity contribution in [3.05, 3.63) is 54.1 Å². The maximum Gasteiger partial charge on any atom is 0.326 e. The zero-order valence-electron chi connectivity index (χ0n) is 19.5. The Morgan fingerprint density at radius 3 is 2.18 bits per heavy atom. The van der Waals surface area contributed by atoms with E-state index in [2.05, 4.69) is 20.6 Å². The summed E-state index contributed by atoms with van der Waals surface area (Å²) in [6.07, 6.45) is 0.641. The van der Waals surface area contributed by atoms with E-state index < -0.39 is 17.9 Å². The minimum atomic E-state index is -1.05. The van der Waals surface area contributed by atoms with Crippen molar-refractivity contribution in [1.82, 2.24) is 15.3 Å². The van der Waals surface area contributed by atoms with E-state index in [1.807, 2.05) is 52.0 Å². The lowest BCUT2D eigenvalue weighted by molar-refractivity contribution is -0.140. The van der Waals surface area contributed by atoms with Gasteiger partial charge in [0.15, 0.2) is 5.82 Å². The van der Waals surface area contributed by atoms with Crippen LogP contribution in [0.25, 0.3) is 11.0 Å². The molecule has 2 atom stereocenters. The van der Waals surface area contributed by atoms with Gasteiger partial charge in [-0.15, -0.1) is 0 Å². The van der Waals surface area contributed by atoms with Gasteiger partial charge >= 0.3 is 5.97 Å². The summed E-state index contributed by atoms with van der Waals surface area (Å²) >= 11 is 0. The molecule has 0 saturated carbocycles. The molecule has 3 rings (SSSR count). The number of nitrogens with one attached hydrogen (secondary N) is 2. The fourth-order valence-electron chi connectivity index (χ4n) is 3.19. The number of carbonyl (C=O) groups is 2. The molecule has 3 aromatic rings. The number of carbonyl (C=O) groups excluding carboxylic acids is 1. The minimum absolute atomic E-state index is 0.186. The molecule has 0 bridgehead atoms. The molecule has 0 aliphatic rings. The molecule has 33 heavy (non-hydrogen) atoms. The maximum atomic E-state index is 12.6. The van der Waals surface area contributed by atoms with Gasteiger partial charge < -0.3 is 20.5 Å². The molecule has 0 aliphatic carbocycles.